The van der Waals surface area contributed by atoms with Gasteiger partial charge in [0.05, 0.1) is 25.0 Å². The first kappa shape index (κ1) is 35.0. The summed E-state index contributed by atoms with van der Waals surface area (Å²) in [4.78, 5) is 13.0. The number of hydrogen-bond donors (Lipinski definition) is 3. The number of methoxy groups -OCH3 is 1. The quantitative estimate of drug-likeness (QED) is 0.172. The Kier molecular flexibility index (Phi) is 14.6. The molecule has 0 radical (unpaired) electrons. The third-order valence-electron chi connectivity index (χ3n) is 7.18. The summed E-state index contributed by atoms with van der Waals surface area (Å²) in [5, 5.41) is 17.3. The molecule has 0 spiro atoms. The van der Waals surface area contributed by atoms with E-state index in [1.165, 1.54) is 4.31 Å². The summed E-state index contributed by atoms with van der Waals surface area (Å²) in [5.74, 6) is 0.773. The van der Waals surface area contributed by atoms with Crippen molar-refractivity contribution in [2.75, 3.05) is 32.5 Å². The van der Waals surface area contributed by atoms with E-state index in [2.05, 4.69) is 10.6 Å². The first-order valence-electron chi connectivity index (χ1n) is 15.3. The van der Waals surface area contributed by atoms with Crippen LogP contribution in [0.2, 0.25) is 0 Å². The number of ether oxygens (including phenoxy) is 2. The lowest BCUT2D eigenvalue weighted by atomic mass is 10.0. The Bertz CT molecular complexity index is 1360. The van der Waals surface area contributed by atoms with Crippen LogP contribution in [0.25, 0.3) is 0 Å². The molecule has 44 heavy (non-hydrogen) atoms. The highest BCUT2D eigenvalue weighted by Gasteiger charge is 2.25. The smallest absolute Gasteiger partial charge is 0.221 e. The number of benzene rings is 3. The van der Waals surface area contributed by atoms with Crippen molar-refractivity contribution in [3.63, 3.8) is 0 Å². The van der Waals surface area contributed by atoms with Gasteiger partial charge in [-0.25, -0.2) is 12.7 Å². The molecule has 0 aliphatic carbocycles. The van der Waals surface area contributed by atoms with Gasteiger partial charge in [0, 0.05) is 32.6 Å². The second-order valence-electron chi connectivity index (χ2n) is 10.8. The van der Waals surface area contributed by atoms with Gasteiger partial charge >= 0.3 is 0 Å². The fourth-order valence-electron chi connectivity index (χ4n) is 4.81. The molecule has 0 saturated heterocycles. The third kappa shape index (κ3) is 11.9. The van der Waals surface area contributed by atoms with Crippen LogP contribution >= 0.6 is 0 Å². The number of aliphatic hydroxyl groups excluding tert-OH is 1. The SMILES string of the molecule is CCCN(CCC)S(=O)(=O)CCC(=O)NC(Cc1ccc(OCc2ccccc2)cc1)C(O)CNCc1cccc(OC)c1. The zero-order valence-electron chi connectivity index (χ0n) is 26.1. The largest absolute Gasteiger partial charge is 0.497 e. The Balaban J connectivity index is 1.64. The first-order valence-corrected chi connectivity index (χ1v) is 16.9. The van der Waals surface area contributed by atoms with Gasteiger partial charge in [-0.15, -0.1) is 0 Å². The van der Waals surface area contributed by atoms with Gasteiger partial charge in [-0.3, -0.25) is 4.79 Å². The van der Waals surface area contributed by atoms with Crippen LogP contribution in [0.1, 0.15) is 49.8 Å². The van der Waals surface area contributed by atoms with Gasteiger partial charge in [-0.1, -0.05) is 68.4 Å². The van der Waals surface area contributed by atoms with Crippen molar-refractivity contribution in [1.29, 1.82) is 0 Å². The van der Waals surface area contributed by atoms with Crippen molar-refractivity contribution in [3.8, 4) is 11.5 Å². The summed E-state index contributed by atoms with van der Waals surface area (Å²) in [7, 11) is -1.95. The molecule has 0 aromatic heterocycles. The van der Waals surface area contributed by atoms with E-state index in [4.69, 9.17) is 9.47 Å². The van der Waals surface area contributed by atoms with Gasteiger partial charge in [-0.2, -0.15) is 0 Å². The van der Waals surface area contributed by atoms with E-state index in [1.54, 1.807) is 7.11 Å². The summed E-state index contributed by atoms with van der Waals surface area (Å²) in [6.45, 7) is 5.91. The average Bonchev–Trinajstić information content (AvgIpc) is 3.03. The highest BCUT2D eigenvalue weighted by Crippen LogP contribution is 2.17. The number of carbonyl (C=O) groups excluding carboxylic acids is 1. The maximum Gasteiger partial charge on any atom is 0.221 e. The van der Waals surface area contributed by atoms with Gasteiger partial charge in [-0.05, 0) is 60.2 Å². The molecule has 0 bridgehead atoms. The van der Waals surface area contributed by atoms with Gasteiger partial charge in [0.25, 0.3) is 0 Å². The van der Waals surface area contributed by atoms with Crippen molar-refractivity contribution >= 4 is 15.9 Å². The Morgan fingerprint density at radius 1 is 0.886 bits per heavy atom. The minimum Gasteiger partial charge on any atom is -0.497 e. The number of nitrogens with zero attached hydrogens (tertiary/aromatic N) is 1. The Labute approximate surface area is 262 Å². The van der Waals surface area contributed by atoms with E-state index >= 15 is 0 Å². The number of rotatable bonds is 20. The summed E-state index contributed by atoms with van der Waals surface area (Å²) in [5.41, 5.74) is 2.97. The molecule has 1 amide bonds. The summed E-state index contributed by atoms with van der Waals surface area (Å²) < 4.78 is 38.4. The molecule has 0 heterocycles. The van der Waals surface area contributed by atoms with Crippen molar-refractivity contribution in [1.82, 2.24) is 14.9 Å². The lowest BCUT2D eigenvalue weighted by Crippen LogP contribution is -2.49. The van der Waals surface area contributed by atoms with Crippen molar-refractivity contribution < 1.29 is 27.8 Å². The Morgan fingerprint density at radius 2 is 1.57 bits per heavy atom. The molecule has 10 heteroatoms. The van der Waals surface area contributed by atoms with Crippen LogP contribution in [0.3, 0.4) is 0 Å². The van der Waals surface area contributed by atoms with Gasteiger partial charge in [0.15, 0.2) is 0 Å². The zero-order valence-corrected chi connectivity index (χ0v) is 26.9. The minimum absolute atomic E-state index is 0.182. The molecule has 9 nitrogen and oxygen atoms in total. The fraction of sp³-hybridized carbons (Fsp3) is 0.441. The van der Waals surface area contributed by atoms with Gasteiger partial charge < -0.3 is 25.2 Å². The Morgan fingerprint density at radius 3 is 2.23 bits per heavy atom. The van der Waals surface area contributed by atoms with Crippen LogP contribution in [-0.4, -0.2) is 68.4 Å². The predicted octanol–water partition coefficient (Wildman–Crippen LogP) is 4.29. The molecule has 0 aliphatic heterocycles. The highest BCUT2D eigenvalue weighted by molar-refractivity contribution is 7.89. The van der Waals surface area contributed by atoms with Crippen LogP contribution in [0, 0.1) is 0 Å². The fourth-order valence-corrected chi connectivity index (χ4v) is 6.43. The van der Waals surface area contributed by atoms with Gasteiger partial charge in [0.2, 0.25) is 15.9 Å². The van der Waals surface area contributed by atoms with Crippen molar-refractivity contribution in [3.05, 3.63) is 95.6 Å². The molecule has 3 aromatic carbocycles. The molecule has 3 rings (SSSR count). The Hall–Kier alpha value is -3.44. The number of aliphatic hydroxyl groups is 1. The molecular formula is C34H47N3O6S. The molecular weight excluding hydrogens is 578 g/mol. The molecule has 2 unspecified atom stereocenters. The third-order valence-corrected chi connectivity index (χ3v) is 9.05. The van der Waals surface area contributed by atoms with Crippen LogP contribution in [-0.2, 0) is 34.4 Å². The van der Waals surface area contributed by atoms with Crippen LogP contribution < -0.4 is 20.1 Å². The van der Waals surface area contributed by atoms with E-state index in [-0.39, 0.29) is 18.7 Å². The monoisotopic (exact) mass is 625 g/mol. The molecule has 3 aromatic rings. The summed E-state index contributed by atoms with van der Waals surface area (Å²) >= 11 is 0. The highest BCUT2D eigenvalue weighted by atomic mass is 32.2. The normalized spacial score (nSPS) is 12.9. The van der Waals surface area contributed by atoms with Crippen LogP contribution in [0.4, 0.5) is 0 Å². The van der Waals surface area contributed by atoms with E-state index < -0.39 is 28.1 Å². The molecule has 240 valence electrons. The summed E-state index contributed by atoms with van der Waals surface area (Å²) in [6.07, 6.45) is 0.666. The van der Waals surface area contributed by atoms with Crippen molar-refractivity contribution in [2.45, 2.75) is 64.8 Å². The van der Waals surface area contributed by atoms with Gasteiger partial charge in [0.1, 0.15) is 18.1 Å². The number of sulfonamides is 1. The van der Waals surface area contributed by atoms with E-state index in [1.807, 2.05) is 92.7 Å². The molecule has 2 atom stereocenters. The number of nitrogens with one attached hydrogen (secondary N) is 2. The van der Waals surface area contributed by atoms with Crippen molar-refractivity contribution in [2.24, 2.45) is 0 Å². The van der Waals surface area contributed by atoms with E-state index in [9.17, 15) is 18.3 Å². The second-order valence-corrected chi connectivity index (χ2v) is 12.9. The molecule has 3 N–H and O–H groups in total. The maximum absolute atomic E-state index is 13.0. The maximum atomic E-state index is 13.0. The van der Waals surface area contributed by atoms with Crippen LogP contribution in [0.5, 0.6) is 11.5 Å². The number of hydrogen-bond acceptors (Lipinski definition) is 7. The van der Waals surface area contributed by atoms with E-state index in [0.717, 1.165) is 22.4 Å². The second kappa shape index (κ2) is 18.4. The standard InChI is InChI=1S/C34H47N3O6S/c1-4-19-37(20-5-2)44(40,41)21-18-34(39)36-32(33(38)25-35-24-29-12-9-13-31(22-29)42-3)23-27-14-16-30(17-15-27)43-26-28-10-7-6-8-11-28/h6-17,22,32-33,35,38H,4-5,18-21,23-26H2,1-3H3,(H,36,39). The minimum atomic E-state index is -3.56. The van der Waals surface area contributed by atoms with E-state index in [0.29, 0.717) is 51.3 Å². The topological polar surface area (TPSA) is 117 Å². The number of amides is 1. The lowest BCUT2D eigenvalue weighted by molar-refractivity contribution is -0.122. The lowest BCUT2D eigenvalue weighted by Gasteiger charge is -2.25. The zero-order chi connectivity index (χ0) is 31.8. The number of carbonyl (C=O) groups is 1. The summed E-state index contributed by atoms with van der Waals surface area (Å²) in [6, 6.07) is 24.5. The average molecular weight is 626 g/mol. The molecule has 0 saturated carbocycles. The molecule has 0 aliphatic rings. The predicted molar refractivity (Wildman–Crippen MR) is 174 cm³/mol. The first-order chi connectivity index (χ1) is 21.2. The molecule has 0 fully saturated rings. The van der Waals surface area contributed by atoms with Crippen LogP contribution in [0.15, 0.2) is 78.9 Å².